The van der Waals surface area contributed by atoms with Gasteiger partial charge in [0.2, 0.25) is 5.78 Å². The van der Waals surface area contributed by atoms with Crippen molar-refractivity contribution < 1.29 is 9.84 Å². The highest BCUT2D eigenvalue weighted by Crippen LogP contribution is 2.29. The predicted octanol–water partition coefficient (Wildman–Crippen LogP) is 1.54. The van der Waals surface area contributed by atoms with Gasteiger partial charge in [0.15, 0.2) is 11.2 Å². The molecule has 1 aromatic carbocycles. The lowest BCUT2D eigenvalue weighted by Crippen LogP contribution is -2.39. The number of ether oxygens (including phenoxy) is 1. The van der Waals surface area contributed by atoms with E-state index in [9.17, 15) is 9.59 Å². The molecular formula is C21H25N5O4. The molecule has 0 aliphatic heterocycles. The molecule has 9 heteroatoms. The van der Waals surface area contributed by atoms with Crippen LogP contribution in [-0.4, -0.2) is 41.4 Å². The predicted molar refractivity (Wildman–Crippen MR) is 114 cm³/mol. The summed E-state index contributed by atoms with van der Waals surface area (Å²) in [5.41, 5.74) is 2.40. The van der Waals surface area contributed by atoms with E-state index in [0.29, 0.717) is 35.7 Å². The maximum Gasteiger partial charge on any atom is 0.332 e. The Balaban J connectivity index is 2.13. The number of para-hydroxylation sites is 2. The third-order valence-corrected chi connectivity index (χ3v) is 5.46. The Labute approximate surface area is 172 Å². The van der Waals surface area contributed by atoms with Crippen molar-refractivity contribution in [2.75, 3.05) is 13.2 Å². The van der Waals surface area contributed by atoms with Crippen LogP contribution < -0.4 is 16.0 Å². The van der Waals surface area contributed by atoms with Gasteiger partial charge in [-0.05, 0) is 39.3 Å². The van der Waals surface area contributed by atoms with E-state index in [1.807, 2.05) is 49.6 Å². The Kier molecular flexibility index (Phi) is 4.98. The Morgan fingerprint density at radius 1 is 1.13 bits per heavy atom. The van der Waals surface area contributed by atoms with Crippen molar-refractivity contribution >= 4 is 16.9 Å². The van der Waals surface area contributed by atoms with Crippen LogP contribution in [0.3, 0.4) is 0 Å². The van der Waals surface area contributed by atoms with Crippen molar-refractivity contribution in [3.8, 4) is 11.4 Å². The van der Waals surface area contributed by atoms with E-state index in [1.165, 1.54) is 4.57 Å². The number of benzene rings is 1. The van der Waals surface area contributed by atoms with E-state index < -0.39 is 11.2 Å². The molecule has 0 radical (unpaired) electrons. The minimum absolute atomic E-state index is 0.0990. The van der Waals surface area contributed by atoms with Gasteiger partial charge in [0, 0.05) is 31.6 Å². The molecule has 0 aliphatic rings. The van der Waals surface area contributed by atoms with E-state index in [1.54, 1.807) is 11.4 Å². The van der Waals surface area contributed by atoms with Crippen LogP contribution in [0.2, 0.25) is 0 Å². The fourth-order valence-corrected chi connectivity index (χ4v) is 3.88. The Morgan fingerprint density at radius 3 is 2.57 bits per heavy atom. The number of nitrogens with zero attached hydrogens (tertiary/aromatic N) is 5. The second-order valence-electron chi connectivity index (χ2n) is 7.20. The van der Waals surface area contributed by atoms with Crippen LogP contribution in [0.4, 0.5) is 0 Å². The molecule has 0 saturated heterocycles. The molecular weight excluding hydrogens is 386 g/mol. The summed E-state index contributed by atoms with van der Waals surface area (Å²) in [6.45, 7) is 6.38. The number of fused-ring (bicyclic) bond motifs is 3. The quantitative estimate of drug-likeness (QED) is 0.519. The summed E-state index contributed by atoms with van der Waals surface area (Å²) in [6, 6.07) is 7.66. The van der Waals surface area contributed by atoms with Crippen LogP contribution in [0.1, 0.15) is 24.7 Å². The number of aliphatic hydroxyl groups excluding tert-OH is 1. The molecule has 0 fully saturated rings. The van der Waals surface area contributed by atoms with Crippen molar-refractivity contribution in [3.63, 3.8) is 0 Å². The van der Waals surface area contributed by atoms with Gasteiger partial charge in [0.25, 0.3) is 5.56 Å². The van der Waals surface area contributed by atoms with E-state index in [4.69, 9.17) is 9.84 Å². The van der Waals surface area contributed by atoms with Gasteiger partial charge >= 0.3 is 5.69 Å². The third kappa shape index (κ3) is 2.77. The topological polar surface area (TPSA) is 95.7 Å². The lowest BCUT2D eigenvalue weighted by Gasteiger charge is -2.12. The zero-order valence-electron chi connectivity index (χ0n) is 17.5. The Bertz CT molecular complexity index is 1370. The molecule has 4 aromatic rings. The molecule has 30 heavy (non-hydrogen) atoms. The highest BCUT2D eigenvalue weighted by molar-refractivity contribution is 5.77. The fourth-order valence-electron chi connectivity index (χ4n) is 3.88. The van der Waals surface area contributed by atoms with E-state index in [0.717, 1.165) is 21.6 Å². The SMILES string of the molecule is CCOc1ccccc1-n1c(C)c(C)n2c3c(=O)n(CCCO)c(=O)n(C)c3nc12. The molecule has 4 rings (SSSR count). The Morgan fingerprint density at radius 2 is 1.87 bits per heavy atom. The largest absolute Gasteiger partial charge is 0.492 e. The first-order valence-corrected chi connectivity index (χ1v) is 9.95. The summed E-state index contributed by atoms with van der Waals surface area (Å²) in [5, 5.41) is 9.15. The maximum atomic E-state index is 13.2. The van der Waals surface area contributed by atoms with Crippen molar-refractivity contribution in [1.82, 2.24) is 23.1 Å². The monoisotopic (exact) mass is 411 g/mol. The average molecular weight is 411 g/mol. The van der Waals surface area contributed by atoms with Crippen LogP contribution in [0.5, 0.6) is 5.75 Å². The molecule has 3 aromatic heterocycles. The summed E-state index contributed by atoms with van der Waals surface area (Å²) in [6.07, 6.45) is 0.323. The number of imidazole rings is 2. The van der Waals surface area contributed by atoms with Gasteiger partial charge in [-0.3, -0.25) is 22.9 Å². The zero-order chi connectivity index (χ0) is 21.6. The van der Waals surface area contributed by atoms with Crippen LogP contribution in [0.25, 0.3) is 22.6 Å². The second-order valence-corrected chi connectivity index (χ2v) is 7.20. The number of aromatic nitrogens is 5. The molecule has 0 spiro atoms. The Hall–Kier alpha value is -3.33. The van der Waals surface area contributed by atoms with Crippen molar-refractivity contribution in [1.29, 1.82) is 0 Å². The summed E-state index contributed by atoms with van der Waals surface area (Å²) in [5.74, 6) is 1.25. The smallest absolute Gasteiger partial charge is 0.332 e. The van der Waals surface area contributed by atoms with Gasteiger partial charge in [-0.1, -0.05) is 12.1 Å². The molecule has 0 bridgehead atoms. The lowest BCUT2D eigenvalue weighted by atomic mass is 10.2. The fraction of sp³-hybridized carbons (Fsp3) is 0.381. The van der Waals surface area contributed by atoms with Crippen LogP contribution >= 0.6 is 0 Å². The third-order valence-electron chi connectivity index (χ3n) is 5.46. The highest BCUT2D eigenvalue weighted by Gasteiger charge is 2.24. The number of rotatable bonds is 6. The van der Waals surface area contributed by atoms with E-state index in [-0.39, 0.29) is 13.2 Å². The molecule has 0 amide bonds. The molecule has 0 atom stereocenters. The van der Waals surface area contributed by atoms with Gasteiger partial charge in [0.05, 0.1) is 12.3 Å². The number of aryl methyl sites for hydroxylation is 2. The average Bonchev–Trinajstić information content (AvgIpc) is 3.23. The standard InChI is InChI=1S/C21H25N5O4/c1-5-30-16-10-7-6-9-15(16)25-13(2)14(3)26-17-18(22-20(25)26)23(4)21(29)24(19(17)28)11-8-12-27/h6-7,9-10,27H,5,8,11-12H2,1-4H3. The first-order valence-electron chi connectivity index (χ1n) is 9.95. The first kappa shape index (κ1) is 20.0. The van der Waals surface area contributed by atoms with Crippen LogP contribution in [0.15, 0.2) is 33.9 Å². The highest BCUT2D eigenvalue weighted by atomic mass is 16.5. The molecule has 0 saturated carbocycles. The van der Waals surface area contributed by atoms with Gasteiger partial charge in [-0.2, -0.15) is 4.98 Å². The van der Waals surface area contributed by atoms with E-state index in [2.05, 4.69) is 4.98 Å². The molecule has 9 nitrogen and oxygen atoms in total. The van der Waals surface area contributed by atoms with Gasteiger partial charge in [0.1, 0.15) is 5.75 Å². The number of hydrogen-bond donors (Lipinski definition) is 1. The minimum Gasteiger partial charge on any atom is -0.492 e. The van der Waals surface area contributed by atoms with Crippen molar-refractivity contribution in [2.45, 2.75) is 33.7 Å². The van der Waals surface area contributed by atoms with Gasteiger partial charge in [-0.15, -0.1) is 0 Å². The van der Waals surface area contributed by atoms with Crippen molar-refractivity contribution in [2.24, 2.45) is 7.05 Å². The van der Waals surface area contributed by atoms with Gasteiger partial charge < -0.3 is 9.84 Å². The lowest BCUT2D eigenvalue weighted by molar-refractivity contribution is 0.277. The summed E-state index contributed by atoms with van der Waals surface area (Å²) >= 11 is 0. The zero-order valence-corrected chi connectivity index (χ0v) is 17.5. The normalized spacial score (nSPS) is 11.6. The minimum atomic E-state index is -0.447. The number of hydrogen-bond acceptors (Lipinski definition) is 5. The summed E-state index contributed by atoms with van der Waals surface area (Å²) < 4.78 is 12.1. The summed E-state index contributed by atoms with van der Waals surface area (Å²) in [4.78, 5) is 30.6. The molecule has 0 unspecified atom stereocenters. The molecule has 1 N–H and O–H groups in total. The molecule has 0 aliphatic carbocycles. The number of aliphatic hydroxyl groups is 1. The van der Waals surface area contributed by atoms with E-state index >= 15 is 0 Å². The van der Waals surface area contributed by atoms with Crippen LogP contribution in [-0.2, 0) is 13.6 Å². The van der Waals surface area contributed by atoms with Gasteiger partial charge in [-0.25, -0.2) is 4.79 Å². The summed E-state index contributed by atoms with van der Waals surface area (Å²) in [7, 11) is 1.60. The maximum absolute atomic E-state index is 13.2. The molecule has 158 valence electrons. The molecule has 3 heterocycles. The van der Waals surface area contributed by atoms with Crippen LogP contribution in [0, 0.1) is 13.8 Å². The first-order chi connectivity index (χ1) is 14.4. The van der Waals surface area contributed by atoms with Crippen molar-refractivity contribution in [3.05, 3.63) is 56.5 Å². The second kappa shape index (κ2) is 7.49.